The number of nitrogens with one attached hydrogen (secondary N) is 1. The van der Waals surface area contributed by atoms with Crippen molar-refractivity contribution in [1.82, 2.24) is 15.3 Å². The molecular weight excluding hydrogens is 336 g/mol. The first-order chi connectivity index (χ1) is 12.1. The van der Waals surface area contributed by atoms with Gasteiger partial charge in [-0.25, -0.2) is 9.97 Å². The van der Waals surface area contributed by atoms with Crippen molar-refractivity contribution in [2.75, 3.05) is 18.0 Å². The number of halogens is 1. The Hall–Kier alpha value is -1.88. The molecule has 6 heteroatoms. The Labute approximate surface area is 151 Å². The lowest BCUT2D eigenvalue weighted by molar-refractivity contribution is -0.000626. The summed E-state index contributed by atoms with van der Waals surface area (Å²) in [5, 5.41) is 4.58. The van der Waals surface area contributed by atoms with Crippen molar-refractivity contribution in [1.29, 1.82) is 0 Å². The van der Waals surface area contributed by atoms with Gasteiger partial charge in [-0.15, -0.1) is 0 Å². The second-order valence-electron chi connectivity index (χ2n) is 7.84. The van der Waals surface area contributed by atoms with Crippen molar-refractivity contribution in [2.45, 2.75) is 44.6 Å². The minimum absolute atomic E-state index is 0.0449. The highest BCUT2D eigenvalue weighted by molar-refractivity contribution is 6.33. The van der Waals surface area contributed by atoms with Crippen molar-refractivity contribution in [3.63, 3.8) is 0 Å². The number of fused-ring (bicyclic) bond motifs is 1. The lowest BCUT2D eigenvalue weighted by Gasteiger charge is -2.54. The van der Waals surface area contributed by atoms with E-state index in [4.69, 9.17) is 11.6 Å². The second-order valence-corrected chi connectivity index (χ2v) is 8.24. The molecule has 1 saturated heterocycles. The Balaban J connectivity index is 1.34. The normalized spacial score (nSPS) is 21.6. The molecule has 3 aliphatic rings. The highest BCUT2D eigenvalue weighted by atomic mass is 35.5. The van der Waals surface area contributed by atoms with E-state index in [9.17, 15) is 4.79 Å². The Morgan fingerprint density at radius 3 is 2.68 bits per heavy atom. The summed E-state index contributed by atoms with van der Waals surface area (Å²) in [7, 11) is 0. The molecule has 2 aliphatic carbocycles. The van der Waals surface area contributed by atoms with Crippen molar-refractivity contribution in [2.24, 2.45) is 5.41 Å². The van der Waals surface area contributed by atoms with Gasteiger partial charge in [0.25, 0.3) is 5.91 Å². The van der Waals surface area contributed by atoms with E-state index in [2.05, 4.69) is 20.2 Å². The van der Waals surface area contributed by atoms with Crippen molar-refractivity contribution < 1.29 is 4.79 Å². The fourth-order valence-corrected chi connectivity index (χ4v) is 4.62. The monoisotopic (exact) mass is 356 g/mol. The van der Waals surface area contributed by atoms with Crippen LogP contribution in [0.15, 0.2) is 18.3 Å². The molecule has 130 valence electrons. The third kappa shape index (κ3) is 2.56. The number of amides is 1. The van der Waals surface area contributed by atoms with E-state index in [0.717, 1.165) is 37.1 Å². The summed E-state index contributed by atoms with van der Waals surface area (Å²) in [5.74, 6) is 0.752. The van der Waals surface area contributed by atoms with Gasteiger partial charge in [0.1, 0.15) is 5.82 Å². The van der Waals surface area contributed by atoms with Crippen molar-refractivity contribution in [3.05, 3.63) is 28.9 Å². The van der Waals surface area contributed by atoms with Crippen molar-refractivity contribution >= 4 is 34.4 Å². The highest BCUT2D eigenvalue weighted by Crippen LogP contribution is 2.55. The molecule has 0 aromatic carbocycles. The molecule has 5 nitrogen and oxygen atoms in total. The van der Waals surface area contributed by atoms with Crippen LogP contribution in [-0.4, -0.2) is 35.0 Å². The topological polar surface area (TPSA) is 58.1 Å². The highest BCUT2D eigenvalue weighted by Gasteiger charge is 2.48. The Kier molecular flexibility index (Phi) is 3.42. The standard InChI is InChI=1S/C19H21ClN4O/c20-15-8-12-7-13(11-21-16(12)23-17(15)24-5-2-6-24)18(25)22-14-9-19(10-14)3-1-4-19/h7-8,11,14H,1-6,9-10H2,(H,22,25). The zero-order chi connectivity index (χ0) is 17.0. The van der Waals surface area contributed by atoms with Gasteiger partial charge in [-0.2, -0.15) is 0 Å². The smallest absolute Gasteiger partial charge is 0.253 e. The van der Waals surface area contributed by atoms with Crippen LogP contribution in [0, 0.1) is 5.41 Å². The van der Waals surface area contributed by atoms with Crippen LogP contribution in [0.3, 0.4) is 0 Å². The van der Waals surface area contributed by atoms with Gasteiger partial charge in [0.2, 0.25) is 0 Å². The van der Waals surface area contributed by atoms with E-state index in [1.807, 2.05) is 12.1 Å². The van der Waals surface area contributed by atoms with Gasteiger partial charge in [-0.3, -0.25) is 4.79 Å². The summed E-state index contributed by atoms with van der Waals surface area (Å²) in [4.78, 5) is 23.6. The van der Waals surface area contributed by atoms with Crippen LogP contribution < -0.4 is 10.2 Å². The largest absolute Gasteiger partial charge is 0.355 e. The van der Waals surface area contributed by atoms with Gasteiger partial charge in [-0.05, 0) is 49.7 Å². The molecule has 5 rings (SSSR count). The minimum atomic E-state index is -0.0449. The number of hydrogen-bond donors (Lipinski definition) is 1. The first-order valence-corrected chi connectivity index (χ1v) is 9.52. The van der Waals surface area contributed by atoms with Gasteiger partial charge in [0.15, 0.2) is 5.65 Å². The SMILES string of the molecule is O=C(NC1CC2(CCC2)C1)c1cnc2nc(N3CCC3)c(Cl)cc2c1. The van der Waals surface area contributed by atoms with Crippen molar-refractivity contribution in [3.8, 4) is 0 Å². The molecule has 0 radical (unpaired) electrons. The van der Waals surface area contributed by atoms with E-state index in [1.54, 1.807) is 6.20 Å². The molecule has 1 aliphatic heterocycles. The molecule has 0 bridgehead atoms. The first kappa shape index (κ1) is 15.4. The predicted octanol–water partition coefficient (Wildman–Crippen LogP) is 3.56. The molecule has 1 spiro atoms. The molecule has 2 aromatic heterocycles. The maximum Gasteiger partial charge on any atom is 0.253 e. The Bertz CT molecular complexity index is 852. The Morgan fingerprint density at radius 2 is 2.04 bits per heavy atom. The maximum absolute atomic E-state index is 12.5. The van der Waals surface area contributed by atoms with E-state index >= 15 is 0 Å². The van der Waals surface area contributed by atoms with Crippen LogP contribution in [-0.2, 0) is 0 Å². The van der Waals surface area contributed by atoms with Crippen LogP contribution in [0.4, 0.5) is 5.82 Å². The molecule has 3 heterocycles. The van der Waals surface area contributed by atoms with E-state index in [-0.39, 0.29) is 5.91 Å². The average molecular weight is 357 g/mol. The van der Waals surface area contributed by atoms with Gasteiger partial charge in [0.05, 0.1) is 10.6 Å². The lowest BCUT2D eigenvalue weighted by atomic mass is 9.54. The molecule has 2 saturated carbocycles. The zero-order valence-corrected chi connectivity index (χ0v) is 14.9. The predicted molar refractivity (Wildman–Crippen MR) is 98.2 cm³/mol. The quantitative estimate of drug-likeness (QED) is 0.913. The molecular formula is C19H21ClN4O. The summed E-state index contributed by atoms with van der Waals surface area (Å²) in [6.45, 7) is 1.98. The van der Waals surface area contributed by atoms with Gasteiger partial charge < -0.3 is 10.2 Å². The fraction of sp³-hybridized carbons (Fsp3) is 0.526. The molecule has 1 amide bonds. The number of carbonyl (C=O) groups is 1. The minimum Gasteiger partial charge on any atom is -0.355 e. The number of carbonyl (C=O) groups excluding carboxylic acids is 1. The van der Waals surface area contributed by atoms with Gasteiger partial charge in [-0.1, -0.05) is 18.0 Å². The number of nitrogens with zero attached hydrogens (tertiary/aromatic N) is 3. The molecule has 25 heavy (non-hydrogen) atoms. The summed E-state index contributed by atoms with van der Waals surface area (Å²) < 4.78 is 0. The number of hydrogen-bond acceptors (Lipinski definition) is 4. The molecule has 2 aromatic rings. The van der Waals surface area contributed by atoms with Crippen LogP contribution in [0.25, 0.3) is 11.0 Å². The van der Waals surface area contributed by atoms with Crippen LogP contribution >= 0.6 is 11.6 Å². The number of anilines is 1. The number of pyridine rings is 2. The number of aromatic nitrogens is 2. The average Bonchev–Trinajstić information content (AvgIpc) is 2.47. The maximum atomic E-state index is 12.5. The fourth-order valence-electron chi connectivity index (χ4n) is 4.34. The van der Waals surface area contributed by atoms with E-state index in [1.165, 1.54) is 25.7 Å². The third-order valence-electron chi connectivity index (χ3n) is 6.13. The van der Waals surface area contributed by atoms with Crippen LogP contribution in [0.2, 0.25) is 5.02 Å². The van der Waals surface area contributed by atoms with E-state index < -0.39 is 0 Å². The first-order valence-electron chi connectivity index (χ1n) is 9.14. The summed E-state index contributed by atoms with van der Waals surface area (Å²) in [5.41, 5.74) is 1.78. The lowest BCUT2D eigenvalue weighted by Crippen LogP contribution is -2.53. The molecule has 1 N–H and O–H groups in total. The molecule has 0 atom stereocenters. The van der Waals surface area contributed by atoms with Crippen LogP contribution in [0.1, 0.15) is 48.9 Å². The van der Waals surface area contributed by atoms with Gasteiger partial charge >= 0.3 is 0 Å². The Morgan fingerprint density at radius 1 is 1.24 bits per heavy atom. The van der Waals surface area contributed by atoms with Crippen LogP contribution in [0.5, 0.6) is 0 Å². The summed E-state index contributed by atoms with van der Waals surface area (Å²) >= 11 is 6.38. The van der Waals surface area contributed by atoms with Gasteiger partial charge in [0, 0.05) is 30.7 Å². The second kappa shape index (κ2) is 5.56. The third-order valence-corrected chi connectivity index (χ3v) is 6.41. The summed E-state index contributed by atoms with van der Waals surface area (Å²) in [6, 6.07) is 4.03. The summed E-state index contributed by atoms with van der Waals surface area (Å²) in [6.07, 6.45) is 9.07. The molecule has 0 unspecified atom stereocenters. The molecule has 3 fully saturated rings. The number of rotatable bonds is 3. The van der Waals surface area contributed by atoms with E-state index in [0.29, 0.717) is 27.7 Å². The zero-order valence-electron chi connectivity index (χ0n) is 14.1.